The van der Waals surface area contributed by atoms with Crippen molar-refractivity contribution < 1.29 is 9.13 Å². The molecule has 1 heterocycles. The molecule has 0 saturated carbocycles. The van der Waals surface area contributed by atoms with E-state index in [1.807, 2.05) is 0 Å². The van der Waals surface area contributed by atoms with Crippen LogP contribution in [-0.4, -0.2) is 17.0 Å². The zero-order valence-electron chi connectivity index (χ0n) is 9.87. The lowest BCUT2D eigenvalue weighted by Gasteiger charge is -2.09. The van der Waals surface area contributed by atoms with E-state index in [2.05, 4.69) is 15.3 Å². The molecule has 0 atom stereocenters. The Hall–Kier alpha value is -1.88. The number of halogens is 2. The molecule has 1 aromatic carbocycles. The second-order valence-electron chi connectivity index (χ2n) is 3.59. The molecule has 2 rings (SSSR count). The fourth-order valence-corrected chi connectivity index (χ4v) is 1.48. The van der Waals surface area contributed by atoms with Crippen LogP contribution in [0.3, 0.4) is 0 Å². The Morgan fingerprint density at radius 2 is 2.17 bits per heavy atom. The zero-order valence-corrected chi connectivity index (χ0v) is 10.6. The van der Waals surface area contributed by atoms with Crippen molar-refractivity contribution in [3.63, 3.8) is 0 Å². The fraction of sp³-hybridized carbons (Fsp3) is 0.167. The van der Waals surface area contributed by atoms with Crippen LogP contribution in [0.25, 0.3) is 0 Å². The second kappa shape index (κ2) is 5.18. The number of nitrogens with zero attached hydrogens (tertiary/aromatic N) is 2. The Balaban J connectivity index is 2.36. The first-order valence-corrected chi connectivity index (χ1v) is 5.63. The molecular formula is C12H11ClFN3O. The standard InChI is InChI=1S/C12H11ClFN3O/c1-7-6-16-12(15-2)17-11(7)18-9-5-3-4-8(13)10(9)14/h3-6H,1-2H3,(H,15,16,17). The molecule has 0 spiro atoms. The number of aromatic nitrogens is 2. The Morgan fingerprint density at radius 3 is 2.89 bits per heavy atom. The maximum atomic E-state index is 13.7. The predicted octanol–water partition coefficient (Wildman–Crippen LogP) is 3.41. The van der Waals surface area contributed by atoms with Gasteiger partial charge in [0.25, 0.3) is 0 Å². The third-order valence-electron chi connectivity index (χ3n) is 2.27. The van der Waals surface area contributed by atoms with Crippen LogP contribution in [-0.2, 0) is 0 Å². The molecule has 0 aliphatic rings. The fourth-order valence-electron chi connectivity index (χ4n) is 1.32. The number of nitrogens with one attached hydrogen (secondary N) is 1. The van der Waals surface area contributed by atoms with Gasteiger partial charge < -0.3 is 10.1 Å². The van der Waals surface area contributed by atoms with Crippen molar-refractivity contribution in [1.82, 2.24) is 9.97 Å². The number of benzene rings is 1. The summed E-state index contributed by atoms with van der Waals surface area (Å²) in [6.45, 7) is 1.78. The lowest BCUT2D eigenvalue weighted by Crippen LogP contribution is -2.00. The zero-order chi connectivity index (χ0) is 13.1. The Bertz CT molecular complexity index is 577. The number of hydrogen-bond donors (Lipinski definition) is 1. The summed E-state index contributed by atoms with van der Waals surface area (Å²) >= 11 is 5.68. The summed E-state index contributed by atoms with van der Waals surface area (Å²) < 4.78 is 19.1. The minimum atomic E-state index is -0.608. The molecule has 0 bridgehead atoms. The van der Waals surface area contributed by atoms with Crippen molar-refractivity contribution in [2.45, 2.75) is 6.92 Å². The monoisotopic (exact) mass is 267 g/mol. The van der Waals surface area contributed by atoms with Gasteiger partial charge in [-0.2, -0.15) is 4.98 Å². The van der Waals surface area contributed by atoms with Crippen LogP contribution in [0.1, 0.15) is 5.56 Å². The summed E-state index contributed by atoms with van der Waals surface area (Å²) in [5.74, 6) is 0.114. The molecule has 0 unspecified atom stereocenters. The highest BCUT2D eigenvalue weighted by Crippen LogP contribution is 2.29. The van der Waals surface area contributed by atoms with Crippen molar-refractivity contribution >= 4 is 17.5 Å². The second-order valence-corrected chi connectivity index (χ2v) is 3.99. The van der Waals surface area contributed by atoms with E-state index in [0.29, 0.717) is 11.5 Å². The molecule has 0 aliphatic carbocycles. The first kappa shape index (κ1) is 12.6. The maximum Gasteiger partial charge on any atom is 0.227 e. The third-order valence-corrected chi connectivity index (χ3v) is 2.56. The smallest absolute Gasteiger partial charge is 0.227 e. The van der Waals surface area contributed by atoms with Gasteiger partial charge in [-0.05, 0) is 19.1 Å². The molecule has 0 radical (unpaired) electrons. The summed E-state index contributed by atoms with van der Waals surface area (Å²) in [5.41, 5.74) is 0.702. The van der Waals surface area contributed by atoms with Crippen LogP contribution in [0.2, 0.25) is 5.02 Å². The number of ether oxygens (including phenoxy) is 1. The number of anilines is 1. The number of hydrogen-bond acceptors (Lipinski definition) is 4. The first-order chi connectivity index (χ1) is 8.61. The van der Waals surface area contributed by atoms with Gasteiger partial charge in [-0.1, -0.05) is 17.7 Å². The molecule has 18 heavy (non-hydrogen) atoms. The van der Waals surface area contributed by atoms with Crippen molar-refractivity contribution in [3.05, 3.63) is 40.8 Å². The van der Waals surface area contributed by atoms with Crippen molar-refractivity contribution in [3.8, 4) is 11.6 Å². The summed E-state index contributed by atoms with van der Waals surface area (Å²) in [7, 11) is 1.69. The Labute approximate surface area is 109 Å². The van der Waals surface area contributed by atoms with Crippen LogP contribution >= 0.6 is 11.6 Å². The van der Waals surface area contributed by atoms with Gasteiger partial charge >= 0.3 is 0 Å². The molecule has 6 heteroatoms. The van der Waals surface area contributed by atoms with Gasteiger partial charge in [0.2, 0.25) is 11.8 Å². The van der Waals surface area contributed by atoms with Crippen LogP contribution in [0.15, 0.2) is 24.4 Å². The summed E-state index contributed by atoms with van der Waals surface area (Å²) in [6, 6.07) is 4.55. The van der Waals surface area contributed by atoms with Gasteiger partial charge in [0, 0.05) is 18.8 Å². The average Bonchev–Trinajstić information content (AvgIpc) is 2.37. The molecule has 1 N–H and O–H groups in total. The van der Waals surface area contributed by atoms with Crippen molar-refractivity contribution in [2.24, 2.45) is 0 Å². The van der Waals surface area contributed by atoms with E-state index in [0.717, 1.165) is 0 Å². The molecule has 0 fully saturated rings. The average molecular weight is 268 g/mol. The molecule has 4 nitrogen and oxygen atoms in total. The molecule has 94 valence electrons. The Kier molecular flexibility index (Phi) is 3.62. The minimum absolute atomic E-state index is 0.00745. The van der Waals surface area contributed by atoms with E-state index in [1.54, 1.807) is 26.2 Å². The van der Waals surface area contributed by atoms with E-state index in [1.165, 1.54) is 12.1 Å². The largest absolute Gasteiger partial charge is 0.435 e. The molecule has 0 saturated heterocycles. The van der Waals surface area contributed by atoms with Crippen LogP contribution in [0.4, 0.5) is 10.3 Å². The molecular weight excluding hydrogens is 257 g/mol. The summed E-state index contributed by atoms with van der Waals surface area (Å²) in [5, 5.41) is 2.79. The SMILES string of the molecule is CNc1ncc(C)c(Oc2cccc(Cl)c2F)n1. The van der Waals surface area contributed by atoms with E-state index in [-0.39, 0.29) is 16.7 Å². The first-order valence-electron chi connectivity index (χ1n) is 5.25. The predicted molar refractivity (Wildman–Crippen MR) is 67.8 cm³/mol. The lowest BCUT2D eigenvalue weighted by atomic mass is 10.3. The summed E-state index contributed by atoms with van der Waals surface area (Å²) in [4.78, 5) is 8.12. The third kappa shape index (κ3) is 2.51. The van der Waals surface area contributed by atoms with Gasteiger partial charge in [-0.3, -0.25) is 0 Å². The van der Waals surface area contributed by atoms with Crippen molar-refractivity contribution in [2.75, 3.05) is 12.4 Å². The van der Waals surface area contributed by atoms with Crippen LogP contribution < -0.4 is 10.1 Å². The van der Waals surface area contributed by atoms with Gasteiger partial charge in [0.1, 0.15) is 0 Å². The van der Waals surface area contributed by atoms with E-state index < -0.39 is 5.82 Å². The van der Waals surface area contributed by atoms with Gasteiger partial charge in [-0.25, -0.2) is 9.37 Å². The number of aryl methyl sites for hydroxylation is 1. The van der Waals surface area contributed by atoms with Crippen molar-refractivity contribution in [1.29, 1.82) is 0 Å². The summed E-state index contributed by atoms with van der Waals surface area (Å²) in [6.07, 6.45) is 1.59. The van der Waals surface area contributed by atoms with E-state index >= 15 is 0 Å². The van der Waals surface area contributed by atoms with Gasteiger partial charge in [0.05, 0.1) is 5.02 Å². The normalized spacial score (nSPS) is 10.2. The maximum absolute atomic E-state index is 13.7. The van der Waals surface area contributed by atoms with Crippen LogP contribution in [0, 0.1) is 12.7 Å². The minimum Gasteiger partial charge on any atom is -0.435 e. The molecule has 0 aliphatic heterocycles. The quantitative estimate of drug-likeness (QED) is 0.926. The highest BCUT2D eigenvalue weighted by molar-refractivity contribution is 6.30. The lowest BCUT2D eigenvalue weighted by molar-refractivity contribution is 0.424. The van der Waals surface area contributed by atoms with Gasteiger partial charge in [-0.15, -0.1) is 0 Å². The highest BCUT2D eigenvalue weighted by atomic mass is 35.5. The Morgan fingerprint density at radius 1 is 1.39 bits per heavy atom. The van der Waals surface area contributed by atoms with E-state index in [9.17, 15) is 4.39 Å². The van der Waals surface area contributed by atoms with Crippen LogP contribution in [0.5, 0.6) is 11.6 Å². The number of rotatable bonds is 3. The molecule has 1 aromatic heterocycles. The molecule has 2 aromatic rings. The van der Waals surface area contributed by atoms with Gasteiger partial charge in [0.15, 0.2) is 11.6 Å². The topological polar surface area (TPSA) is 47.0 Å². The highest BCUT2D eigenvalue weighted by Gasteiger charge is 2.11. The molecule has 0 amide bonds. The van der Waals surface area contributed by atoms with E-state index in [4.69, 9.17) is 16.3 Å².